The van der Waals surface area contributed by atoms with E-state index in [1.54, 1.807) is 18.2 Å². The Labute approximate surface area is 123 Å². The van der Waals surface area contributed by atoms with E-state index in [-0.39, 0.29) is 5.91 Å². The molecule has 0 radical (unpaired) electrons. The molecule has 0 saturated heterocycles. The van der Waals surface area contributed by atoms with E-state index in [2.05, 4.69) is 5.32 Å². The average Bonchev–Trinajstić information content (AvgIpc) is 2.94. The van der Waals surface area contributed by atoms with E-state index in [1.165, 1.54) is 6.08 Å². The molecule has 3 rings (SSSR count). The molecule has 3 N–H and O–H groups in total. The van der Waals surface area contributed by atoms with Crippen molar-refractivity contribution in [2.45, 2.75) is 6.42 Å². The third-order valence-electron chi connectivity index (χ3n) is 3.32. The molecule has 1 aliphatic rings. The smallest absolute Gasteiger partial charge is 0.248 e. The van der Waals surface area contributed by atoms with Gasteiger partial charge < -0.3 is 15.8 Å². The van der Waals surface area contributed by atoms with Crippen LogP contribution < -0.4 is 15.8 Å². The van der Waals surface area contributed by atoms with E-state index in [1.807, 2.05) is 30.3 Å². The number of hydrogen-bond donors (Lipinski definition) is 2. The first-order chi connectivity index (χ1) is 10.2. The molecule has 0 aliphatic carbocycles. The summed E-state index contributed by atoms with van der Waals surface area (Å²) in [5.74, 6) is 0.746. The second kappa shape index (κ2) is 5.71. The van der Waals surface area contributed by atoms with E-state index in [4.69, 9.17) is 10.5 Å². The van der Waals surface area contributed by atoms with Gasteiger partial charge in [0.15, 0.2) is 0 Å². The molecule has 1 amide bonds. The van der Waals surface area contributed by atoms with Gasteiger partial charge in [0.1, 0.15) is 5.75 Å². The van der Waals surface area contributed by atoms with E-state index in [0.717, 1.165) is 29.0 Å². The molecular weight excluding hydrogens is 264 g/mol. The summed E-state index contributed by atoms with van der Waals surface area (Å²) in [5.41, 5.74) is 9.17. The lowest BCUT2D eigenvalue weighted by Crippen LogP contribution is -2.07. The zero-order valence-corrected chi connectivity index (χ0v) is 11.5. The van der Waals surface area contributed by atoms with Crippen molar-refractivity contribution in [3.05, 3.63) is 59.7 Å². The number of carbonyl (C=O) groups is 1. The number of rotatable bonds is 3. The number of nitrogens with one attached hydrogen (secondary N) is 1. The van der Waals surface area contributed by atoms with E-state index in [9.17, 15) is 4.79 Å². The van der Waals surface area contributed by atoms with E-state index in [0.29, 0.717) is 12.3 Å². The Morgan fingerprint density at radius 2 is 2.00 bits per heavy atom. The third-order valence-corrected chi connectivity index (χ3v) is 3.32. The van der Waals surface area contributed by atoms with Crippen molar-refractivity contribution >= 4 is 23.4 Å². The molecule has 4 nitrogen and oxygen atoms in total. The second-order valence-electron chi connectivity index (χ2n) is 4.91. The largest absolute Gasteiger partial charge is 0.493 e. The van der Waals surface area contributed by atoms with Gasteiger partial charge in [-0.1, -0.05) is 12.1 Å². The highest BCUT2D eigenvalue weighted by atomic mass is 16.5. The van der Waals surface area contributed by atoms with Gasteiger partial charge in [-0.25, -0.2) is 0 Å². The zero-order valence-electron chi connectivity index (χ0n) is 11.5. The summed E-state index contributed by atoms with van der Waals surface area (Å²) >= 11 is 0. The number of hydrogen-bond acceptors (Lipinski definition) is 3. The number of amides is 1. The predicted molar refractivity (Wildman–Crippen MR) is 84.2 cm³/mol. The molecule has 1 aliphatic heterocycles. The highest BCUT2D eigenvalue weighted by Gasteiger charge is 2.12. The fourth-order valence-electron chi connectivity index (χ4n) is 2.23. The maximum absolute atomic E-state index is 11.9. The minimum Gasteiger partial charge on any atom is -0.493 e. The Morgan fingerprint density at radius 1 is 1.19 bits per heavy atom. The highest BCUT2D eigenvalue weighted by molar-refractivity contribution is 6.02. The van der Waals surface area contributed by atoms with Gasteiger partial charge in [0, 0.05) is 23.9 Å². The van der Waals surface area contributed by atoms with Gasteiger partial charge >= 0.3 is 0 Å². The van der Waals surface area contributed by atoms with Crippen LogP contribution in [0, 0.1) is 0 Å². The van der Waals surface area contributed by atoms with E-state index >= 15 is 0 Å². The fraction of sp³-hybridized carbons (Fsp3) is 0.118. The molecular formula is C17H16N2O2. The molecule has 106 valence electrons. The van der Waals surface area contributed by atoms with Crippen LogP contribution in [0.15, 0.2) is 48.5 Å². The van der Waals surface area contributed by atoms with Crippen molar-refractivity contribution in [1.82, 2.24) is 0 Å². The van der Waals surface area contributed by atoms with Crippen molar-refractivity contribution in [3.63, 3.8) is 0 Å². The Kier molecular flexibility index (Phi) is 3.60. The first-order valence-corrected chi connectivity index (χ1v) is 6.81. The number of benzene rings is 2. The molecule has 4 heteroatoms. The molecule has 1 heterocycles. The number of nitrogens with two attached hydrogens (primary N) is 1. The summed E-state index contributed by atoms with van der Waals surface area (Å²) in [6, 6.07) is 13.0. The first kappa shape index (κ1) is 13.2. The fourth-order valence-corrected chi connectivity index (χ4v) is 2.23. The highest BCUT2D eigenvalue weighted by Crippen LogP contribution is 2.27. The summed E-state index contributed by atoms with van der Waals surface area (Å²) in [5, 5.41) is 2.85. The number of carbonyl (C=O) groups excluding carboxylic acids is 1. The average molecular weight is 280 g/mol. The van der Waals surface area contributed by atoms with Crippen molar-refractivity contribution in [3.8, 4) is 5.75 Å². The number of anilines is 2. The molecule has 2 aromatic rings. The molecule has 0 saturated carbocycles. The summed E-state index contributed by atoms with van der Waals surface area (Å²) < 4.78 is 5.44. The van der Waals surface area contributed by atoms with Crippen LogP contribution in [0.1, 0.15) is 11.1 Å². The lowest BCUT2D eigenvalue weighted by molar-refractivity contribution is -0.111. The van der Waals surface area contributed by atoms with Crippen LogP contribution in [-0.2, 0) is 11.2 Å². The van der Waals surface area contributed by atoms with Crippen LogP contribution in [-0.4, -0.2) is 12.5 Å². The Bertz CT molecular complexity index is 690. The van der Waals surface area contributed by atoms with Gasteiger partial charge in [0.25, 0.3) is 0 Å². The molecule has 0 bridgehead atoms. The summed E-state index contributed by atoms with van der Waals surface area (Å²) in [6.07, 6.45) is 4.15. The molecule has 0 unspecified atom stereocenters. The van der Waals surface area contributed by atoms with Gasteiger partial charge in [-0.05, 0) is 47.5 Å². The Hall–Kier alpha value is -2.75. The predicted octanol–water partition coefficient (Wildman–Crippen LogP) is 2.86. The van der Waals surface area contributed by atoms with Gasteiger partial charge in [-0.3, -0.25) is 4.79 Å². The summed E-state index contributed by atoms with van der Waals surface area (Å²) in [7, 11) is 0. The second-order valence-corrected chi connectivity index (χ2v) is 4.91. The molecule has 0 spiro atoms. The summed E-state index contributed by atoms with van der Waals surface area (Å²) in [4.78, 5) is 11.9. The normalized spacial score (nSPS) is 13.0. The van der Waals surface area contributed by atoms with Crippen LogP contribution >= 0.6 is 0 Å². The minimum atomic E-state index is -0.161. The van der Waals surface area contributed by atoms with Crippen LogP contribution in [0.25, 0.3) is 6.08 Å². The molecule has 2 aromatic carbocycles. The zero-order chi connectivity index (χ0) is 14.7. The summed E-state index contributed by atoms with van der Waals surface area (Å²) in [6.45, 7) is 0.712. The molecule has 0 fully saturated rings. The van der Waals surface area contributed by atoms with Crippen molar-refractivity contribution in [1.29, 1.82) is 0 Å². The molecule has 21 heavy (non-hydrogen) atoms. The lowest BCUT2D eigenvalue weighted by atomic mass is 10.1. The van der Waals surface area contributed by atoms with Crippen molar-refractivity contribution < 1.29 is 9.53 Å². The van der Waals surface area contributed by atoms with Crippen LogP contribution in [0.5, 0.6) is 5.75 Å². The van der Waals surface area contributed by atoms with Crippen LogP contribution in [0.2, 0.25) is 0 Å². The maximum Gasteiger partial charge on any atom is 0.248 e. The lowest BCUT2D eigenvalue weighted by Gasteiger charge is -2.04. The number of fused-ring (bicyclic) bond motifs is 1. The topological polar surface area (TPSA) is 64.4 Å². The van der Waals surface area contributed by atoms with Gasteiger partial charge in [0.05, 0.1) is 6.61 Å². The van der Waals surface area contributed by atoms with Crippen molar-refractivity contribution in [2.75, 3.05) is 17.7 Å². The Morgan fingerprint density at radius 3 is 2.81 bits per heavy atom. The van der Waals surface area contributed by atoms with Gasteiger partial charge in [-0.2, -0.15) is 0 Å². The van der Waals surface area contributed by atoms with Crippen LogP contribution in [0.4, 0.5) is 11.4 Å². The Balaban J connectivity index is 1.65. The molecule has 0 atom stereocenters. The number of ether oxygens (including phenoxy) is 1. The van der Waals surface area contributed by atoms with Crippen LogP contribution in [0.3, 0.4) is 0 Å². The van der Waals surface area contributed by atoms with Gasteiger partial charge in [0.2, 0.25) is 5.91 Å². The molecule has 0 aromatic heterocycles. The number of nitrogen functional groups attached to an aromatic ring is 1. The maximum atomic E-state index is 11.9. The van der Waals surface area contributed by atoms with Crippen molar-refractivity contribution in [2.24, 2.45) is 0 Å². The van der Waals surface area contributed by atoms with E-state index < -0.39 is 0 Å². The quantitative estimate of drug-likeness (QED) is 0.671. The SMILES string of the molecule is Nc1ccc(/C=C/C(=O)Nc2ccc3c(c2)CCO3)cc1. The monoisotopic (exact) mass is 280 g/mol. The van der Waals surface area contributed by atoms with Gasteiger partial charge in [-0.15, -0.1) is 0 Å². The first-order valence-electron chi connectivity index (χ1n) is 6.81. The third kappa shape index (κ3) is 3.23. The minimum absolute atomic E-state index is 0.161. The standard InChI is InChI=1S/C17H16N2O2/c18-14-4-1-12(2-5-14)3-8-17(20)19-15-6-7-16-13(11-15)9-10-21-16/h1-8,11H,9-10,18H2,(H,19,20)/b8-3+.